The number of halogens is 2. The van der Waals surface area contributed by atoms with Crippen molar-refractivity contribution < 1.29 is 23.8 Å². The van der Waals surface area contributed by atoms with Crippen LogP contribution in [0, 0.1) is 23.5 Å². The van der Waals surface area contributed by atoms with Crippen molar-refractivity contribution in [1.29, 1.82) is 0 Å². The molecule has 1 aliphatic carbocycles. The zero-order valence-corrected chi connectivity index (χ0v) is 15.3. The van der Waals surface area contributed by atoms with Gasteiger partial charge < -0.3 is 10.2 Å². The monoisotopic (exact) mass is 388 g/mol. The first-order valence-corrected chi connectivity index (χ1v) is 9.39. The highest BCUT2D eigenvalue weighted by Crippen LogP contribution is 2.45. The van der Waals surface area contributed by atoms with Gasteiger partial charge in [-0.3, -0.25) is 9.69 Å². The van der Waals surface area contributed by atoms with Gasteiger partial charge in [-0.15, -0.1) is 0 Å². The van der Waals surface area contributed by atoms with E-state index in [1.54, 1.807) is 0 Å². The van der Waals surface area contributed by atoms with E-state index in [-0.39, 0.29) is 41.9 Å². The number of aromatic nitrogens is 1. The van der Waals surface area contributed by atoms with Crippen molar-refractivity contribution in [2.24, 2.45) is 11.8 Å². The van der Waals surface area contributed by atoms with Crippen molar-refractivity contribution in [2.75, 3.05) is 19.6 Å². The second-order valence-corrected chi connectivity index (χ2v) is 8.05. The first kappa shape index (κ1) is 19.0. The van der Waals surface area contributed by atoms with E-state index in [1.165, 1.54) is 36.5 Å². The number of likely N-dealkylation sites (tertiary alicyclic amines) is 1. The van der Waals surface area contributed by atoms with Crippen LogP contribution in [0.15, 0.2) is 36.5 Å². The molecule has 148 valence electrons. The molecule has 2 unspecified atom stereocenters. The van der Waals surface area contributed by atoms with Crippen molar-refractivity contribution >= 4 is 5.78 Å². The number of nitrogens with zero attached hydrogens (tertiary/aromatic N) is 2. The van der Waals surface area contributed by atoms with E-state index in [0.717, 1.165) is 0 Å². The predicted molar refractivity (Wildman–Crippen MR) is 97.9 cm³/mol. The summed E-state index contributed by atoms with van der Waals surface area (Å²) in [6.45, 7) is 1.55. The fraction of sp³-hybridized carbons (Fsp3) is 0.429. The molecule has 2 atom stereocenters. The number of ketones is 1. The number of fused-ring (bicyclic) bond motifs is 1. The van der Waals surface area contributed by atoms with E-state index in [2.05, 4.69) is 4.98 Å². The maximum atomic E-state index is 13.9. The molecule has 2 aliphatic rings. The molecule has 0 spiro atoms. The van der Waals surface area contributed by atoms with Crippen molar-refractivity contribution in [3.63, 3.8) is 0 Å². The fourth-order valence-electron chi connectivity index (χ4n) is 4.70. The van der Waals surface area contributed by atoms with Crippen molar-refractivity contribution in [2.45, 2.75) is 24.9 Å². The van der Waals surface area contributed by atoms with Crippen LogP contribution in [0.1, 0.15) is 28.9 Å². The zero-order chi connectivity index (χ0) is 19.9. The molecule has 2 N–H and O–H groups in total. The number of aromatic hydroxyl groups is 1. The van der Waals surface area contributed by atoms with E-state index >= 15 is 0 Å². The normalized spacial score (nSPS) is 27.1. The second-order valence-electron chi connectivity index (χ2n) is 8.05. The van der Waals surface area contributed by atoms with Gasteiger partial charge in [0.15, 0.2) is 5.78 Å². The molecular weight excluding hydrogens is 366 g/mol. The summed E-state index contributed by atoms with van der Waals surface area (Å²) in [7, 11) is 0. The number of carbonyl (C=O) groups excluding carboxylic acids is 1. The minimum absolute atomic E-state index is 0.0119. The largest absolute Gasteiger partial charge is 0.506 e. The van der Waals surface area contributed by atoms with Gasteiger partial charge in [0.25, 0.3) is 0 Å². The van der Waals surface area contributed by atoms with Gasteiger partial charge >= 0.3 is 0 Å². The second kappa shape index (κ2) is 7.22. The van der Waals surface area contributed by atoms with Crippen LogP contribution in [0.25, 0.3) is 0 Å². The number of aliphatic hydroxyl groups is 1. The van der Waals surface area contributed by atoms with Crippen LogP contribution in [-0.4, -0.2) is 51.1 Å². The Hall–Kier alpha value is -2.38. The standard InChI is InChI=1S/C21H22F2N2O3/c22-17-2-1-3-18(23)16(17)8-21(28)6-13-10-25(11-14(13)7-21)12-20(27)19-5-4-15(26)9-24-19/h1-5,9,13-14,26,28H,6-8,10-12H2. The van der Waals surface area contributed by atoms with Gasteiger partial charge in [0.1, 0.15) is 23.1 Å². The average molecular weight is 388 g/mol. The van der Waals surface area contributed by atoms with Crippen LogP contribution in [-0.2, 0) is 6.42 Å². The summed E-state index contributed by atoms with van der Waals surface area (Å²) in [5, 5.41) is 20.2. The number of benzene rings is 1. The van der Waals surface area contributed by atoms with Crippen molar-refractivity contribution in [1.82, 2.24) is 9.88 Å². The van der Waals surface area contributed by atoms with Crippen LogP contribution in [0.4, 0.5) is 8.78 Å². The molecule has 4 rings (SSSR count). The minimum atomic E-state index is -1.12. The number of carbonyl (C=O) groups is 1. The lowest BCUT2D eigenvalue weighted by atomic mass is 9.90. The third-order valence-electron chi connectivity index (χ3n) is 5.90. The predicted octanol–water partition coefficient (Wildman–Crippen LogP) is 2.56. The first-order valence-electron chi connectivity index (χ1n) is 9.39. The van der Waals surface area contributed by atoms with E-state index in [4.69, 9.17) is 0 Å². The Morgan fingerprint density at radius 3 is 2.36 bits per heavy atom. The highest BCUT2D eigenvalue weighted by atomic mass is 19.1. The summed E-state index contributed by atoms with van der Waals surface area (Å²) in [5.74, 6) is -0.972. The third kappa shape index (κ3) is 3.77. The Kier molecular flexibility index (Phi) is 4.89. The van der Waals surface area contributed by atoms with Gasteiger partial charge in [0, 0.05) is 25.1 Å². The van der Waals surface area contributed by atoms with Crippen molar-refractivity contribution in [3.05, 3.63) is 59.4 Å². The smallest absolute Gasteiger partial charge is 0.195 e. The lowest BCUT2D eigenvalue weighted by Crippen LogP contribution is -2.34. The molecule has 2 heterocycles. The quantitative estimate of drug-likeness (QED) is 0.771. The van der Waals surface area contributed by atoms with Gasteiger partial charge in [-0.2, -0.15) is 0 Å². The number of pyridine rings is 1. The minimum Gasteiger partial charge on any atom is -0.506 e. The van der Waals surface area contributed by atoms with Crippen LogP contribution < -0.4 is 0 Å². The molecule has 0 radical (unpaired) electrons. The van der Waals surface area contributed by atoms with E-state index in [1.807, 2.05) is 4.90 Å². The van der Waals surface area contributed by atoms with E-state index < -0.39 is 17.2 Å². The van der Waals surface area contributed by atoms with Crippen LogP contribution >= 0.6 is 0 Å². The summed E-state index contributed by atoms with van der Waals surface area (Å²) in [6.07, 6.45) is 2.14. The summed E-state index contributed by atoms with van der Waals surface area (Å²) in [6, 6.07) is 6.67. The van der Waals surface area contributed by atoms with Crippen LogP contribution in [0.3, 0.4) is 0 Å². The number of hydrogen-bond donors (Lipinski definition) is 2. The Balaban J connectivity index is 1.36. The molecule has 28 heavy (non-hydrogen) atoms. The molecule has 0 amide bonds. The molecule has 1 aromatic heterocycles. The highest BCUT2D eigenvalue weighted by molar-refractivity contribution is 5.95. The van der Waals surface area contributed by atoms with Crippen LogP contribution in [0.2, 0.25) is 0 Å². The lowest BCUT2D eigenvalue weighted by molar-refractivity contribution is 0.0339. The number of hydrogen-bond acceptors (Lipinski definition) is 5. The molecule has 1 aliphatic heterocycles. The van der Waals surface area contributed by atoms with Crippen LogP contribution in [0.5, 0.6) is 5.75 Å². The summed E-state index contributed by atoms with van der Waals surface area (Å²) >= 11 is 0. The number of rotatable bonds is 5. The Labute approximate surface area is 161 Å². The van der Waals surface area contributed by atoms with E-state index in [0.29, 0.717) is 31.6 Å². The highest BCUT2D eigenvalue weighted by Gasteiger charge is 2.48. The maximum Gasteiger partial charge on any atom is 0.195 e. The molecule has 0 bridgehead atoms. The molecule has 2 fully saturated rings. The van der Waals surface area contributed by atoms with E-state index in [9.17, 15) is 23.8 Å². The van der Waals surface area contributed by atoms with Crippen molar-refractivity contribution in [3.8, 4) is 5.75 Å². The van der Waals surface area contributed by atoms with Gasteiger partial charge in [0.05, 0.1) is 18.3 Å². The molecule has 1 saturated carbocycles. The SMILES string of the molecule is O=C(CN1CC2CC(O)(Cc3c(F)cccc3F)CC2C1)c1ccc(O)cn1. The number of Topliss-reactive ketones (excluding diaryl/α,β-unsaturated/α-hetero) is 1. The Morgan fingerprint density at radius 1 is 1.14 bits per heavy atom. The summed E-state index contributed by atoms with van der Waals surface area (Å²) < 4.78 is 27.9. The molecule has 2 aromatic rings. The van der Waals surface area contributed by atoms with Gasteiger partial charge in [-0.1, -0.05) is 6.07 Å². The topological polar surface area (TPSA) is 73.7 Å². The summed E-state index contributed by atoms with van der Waals surface area (Å²) in [5.41, 5.74) is -0.871. The Morgan fingerprint density at radius 2 is 1.79 bits per heavy atom. The van der Waals surface area contributed by atoms with Gasteiger partial charge in [-0.05, 0) is 48.9 Å². The molecule has 7 heteroatoms. The fourth-order valence-corrected chi connectivity index (χ4v) is 4.70. The third-order valence-corrected chi connectivity index (χ3v) is 5.90. The molecule has 1 saturated heterocycles. The summed E-state index contributed by atoms with van der Waals surface area (Å²) in [4.78, 5) is 18.3. The maximum absolute atomic E-state index is 13.9. The molecule has 1 aromatic carbocycles. The first-order chi connectivity index (χ1) is 13.3. The van der Waals surface area contributed by atoms with Gasteiger partial charge in [-0.25, -0.2) is 13.8 Å². The zero-order valence-electron chi connectivity index (χ0n) is 15.3. The average Bonchev–Trinajstić information content (AvgIpc) is 3.13. The lowest BCUT2D eigenvalue weighted by Gasteiger charge is -2.26. The Bertz CT molecular complexity index is 853. The molecule has 5 nitrogen and oxygen atoms in total. The molecular formula is C21H22F2N2O3. The van der Waals surface area contributed by atoms with Gasteiger partial charge in [0.2, 0.25) is 0 Å².